The summed E-state index contributed by atoms with van der Waals surface area (Å²) in [6, 6.07) is 52.0. The summed E-state index contributed by atoms with van der Waals surface area (Å²) in [6.07, 6.45) is 0.826. The highest BCUT2D eigenvalue weighted by molar-refractivity contribution is 5.71. The SMILES string of the molecule is CCC(CC(C)O)Oc1ccccc1-c1nc(-c2ccccc2)nc(-c2ccccc2)n1.COc1ccc(-c2nc(-c3ccccc3)nc(-c3ccccc3)n2)c(O)c1. The van der Waals surface area contributed by atoms with Crippen LogP contribution in [0.4, 0.5) is 0 Å². The molecular formula is C49H44N6O4. The Labute approximate surface area is 344 Å². The lowest BCUT2D eigenvalue weighted by Crippen LogP contribution is -2.21. The van der Waals surface area contributed by atoms with E-state index in [9.17, 15) is 10.2 Å². The van der Waals surface area contributed by atoms with Crippen LogP contribution in [0.25, 0.3) is 68.3 Å². The Kier molecular flexibility index (Phi) is 13.0. The van der Waals surface area contributed by atoms with E-state index in [1.54, 1.807) is 32.2 Å². The number of aromatic hydroxyl groups is 1. The number of aromatic nitrogens is 6. The second-order valence-electron chi connectivity index (χ2n) is 13.7. The van der Waals surface area contributed by atoms with E-state index in [1.165, 1.54) is 0 Å². The molecule has 2 atom stereocenters. The van der Waals surface area contributed by atoms with Gasteiger partial charge in [0, 0.05) is 34.7 Å². The first kappa shape index (κ1) is 39.9. The largest absolute Gasteiger partial charge is 0.507 e. The second kappa shape index (κ2) is 19.2. The molecule has 0 radical (unpaired) electrons. The minimum atomic E-state index is -0.432. The molecule has 0 aliphatic heterocycles. The minimum Gasteiger partial charge on any atom is -0.507 e. The van der Waals surface area contributed by atoms with Gasteiger partial charge < -0.3 is 19.7 Å². The minimum absolute atomic E-state index is 0.0542. The van der Waals surface area contributed by atoms with E-state index >= 15 is 0 Å². The zero-order valence-corrected chi connectivity index (χ0v) is 33.1. The summed E-state index contributed by atoms with van der Waals surface area (Å²) >= 11 is 0. The van der Waals surface area contributed by atoms with Crippen molar-refractivity contribution in [2.24, 2.45) is 0 Å². The smallest absolute Gasteiger partial charge is 0.167 e. The highest BCUT2D eigenvalue weighted by atomic mass is 16.5. The highest BCUT2D eigenvalue weighted by Crippen LogP contribution is 2.34. The summed E-state index contributed by atoms with van der Waals surface area (Å²) in [7, 11) is 1.55. The molecule has 0 spiro atoms. The lowest BCUT2D eigenvalue weighted by molar-refractivity contribution is 0.104. The Morgan fingerprint density at radius 2 is 0.881 bits per heavy atom. The van der Waals surface area contributed by atoms with Gasteiger partial charge in [-0.1, -0.05) is 140 Å². The van der Waals surface area contributed by atoms with Crippen LogP contribution in [-0.4, -0.2) is 59.4 Å². The van der Waals surface area contributed by atoms with Crippen molar-refractivity contribution in [3.8, 4) is 85.6 Å². The number of methoxy groups -OCH3 is 1. The van der Waals surface area contributed by atoms with Gasteiger partial charge in [-0.2, -0.15) is 0 Å². The van der Waals surface area contributed by atoms with Crippen molar-refractivity contribution in [2.45, 2.75) is 38.9 Å². The summed E-state index contributed by atoms with van der Waals surface area (Å²) in [5.74, 6) is 4.60. The monoisotopic (exact) mass is 780 g/mol. The molecule has 0 aliphatic carbocycles. The van der Waals surface area contributed by atoms with Crippen molar-refractivity contribution in [2.75, 3.05) is 7.11 Å². The summed E-state index contributed by atoms with van der Waals surface area (Å²) in [4.78, 5) is 28.2. The second-order valence-corrected chi connectivity index (χ2v) is 13.7. The van der Waals surface area contributed by atoms with Crippen LogP contribution in [-0.2, 0) is 0 Å². The first-order chi connectivity index (χ1) is 28.9. The van der Waals surface area contributed by atoms with Gasteiger partial charge in [0.1, 0.15) is 23.4 Å². The fraction of sp³-hybridized carbons (Fsp3) is 0.143. The van der Waals surface area contributed by atoms with Gasteiger partial charge in [0.05, 0.1) is 24.3 Å². The fourth-order valence-electron chi connectivity index (χ4n) is 6.30. The Hall–Kier alpha value is -7.30. The van der Waals surface area contributed by atoms with Crippen LogP contribution < -0.4 is 9.47 Å². The summed E-state index contributed by atoms with van der Waals surface area (Å²) < 4.78 is 11.4. The van der Waals surface area contributed by atoms with E-state index in [-0.39, 0.29) is 11.9 Å². The molecule has 2 heterocycles. The maximum Gasteiger partial charge on any atom is 0.167 e. The Bertz CT molecular complexity index is 2460. The van der Waals surface area contributed by atoms with Crippen molar-refractivity contribution >= 4 is 0 Å². The maximum atomic E-state index is 10.4. The maximum absolute atomic E-state index is 10.4. The predicted octanol–water partition coefficient (Wildman–Crippen LogP) is 10.4. The Morgan fingerprint density at radius 1 is 0.492 bits per heavy atom. The standard InChI is InChI=1S/C27H27N3O2.C22H17N3O2/c1-3-22(18-19(2)31)32-24-17-11-10-16-23(24)27-29-25(20-12-6-4-7-13-20)28-26(30-27)21-14-8-5-9-15-21;1-27-17-12-13-18(19(26)14-17)22-24-20(15-8-4-2-5-9-15)23-21(25-22)16-10-6-3-7-11-16/h4-17,19,22,31H,3,18H2,1-2H3;2-14,26H,1H3. The van der Waals surface area contributed by atoms with Gasteiger partial charge in [0.2, 0.25) is 0 Å². The Morgan fingerprint density at radius 3 is 1.27 bits per heavy atom. The third-order valence-electron chi connectivity index (χ3n) is 9.33. The van der Waals surface area contributed by atoms with Crippen molar-refractivity contribution < 1.29 is 19.7 Å². The number of hydrogen-bond acceptors (Lipinski definition) is 10. The number of hydrogen-bond donors (Lipinski definition) is 2. The van der Waals surface area contributed by atoms with Gasteiger partial charge in [-0.15, -0.1) is 0 Å². The number of phenols is 1. The number of rotatable bonds is 12. The van der Waals surface area contributed by atoms with Gasteiger partial charge in [-0.25, -0.2) is 29.9 Å². The van der Waals surface area contributed by atoms with Crippen molar-refractivity contribution in [3.05, 3.63) is 164 Å². The molecule has 8 aromatic rings. The number of phenolic OH excluding ortho intramolecular Hbond substituents is 1. The first-order valence-corrected chi connectivity index (χ1v) is 19.4. The molecular weight excluding hydrogens is 737 g/mol. The molecule has 59 heavy (non-hydrogen) atoms. The highest BCUT2D eigenvalue weighted by Gasteiger charge is 2.19. The number of benzene rings is 6. The topological polar surface area (TPSA) is 136 Å². The van der Waals surface area contributed by atoms with Crippen LogP contribution in [0.1, 0.15) is 26.7 Å². The molecule has 0 saturated carbocycles. The van der Waals surface area contributed by atoms with E-state index in [0.717, 1.165) is 34.2 Å². The van der Waals surface area contributed by atoms with E-state index < -0.39 is 6.10 Å². The number of nitrogens with zero attached hydrogens (tertiary/aromatic N) is 6. The molecule has 2 aromatic heterocycles. The molecule has 2 unspecified atom stereocenters. The molecule has 0 amide bonds. The summed E-state index contributed by atoms with van der Waals surface area (Å²) in [5.41, 5.74) is 4.93. The van der Waals surface area contributed by atoms with E-state index in [4.69, 9.17) is 24.4 Å². The summed E-state index contributed by atoms with van der Waals surface area (Å²) in [6.45, 7) is 3.84. The average molecular weight is 781 g/mol. The van der Waals surface area contributed by atoms with Crippen LogP contribution in [0.2, 0.25) is 0 Å². The molecule has 0 fully saturated rings. The number of para-hydroxylation sites is 1. The van der Waals surface area contributed by atoms with Crippen LogP contribution in [0.5, 0.6) is 17.2 Å². The molecule has 2 N–H and O–H groups in total. The van der Waals surface area contributed by atoms with Crippen molar-refractivity contribution in [1.82, 2.24) is 29.9 Å². The van der Waals surface area contributed by atoms with Gasteiger partial charge in [-0.3, -0.25) is 0 Å². The average Bonchev–Trinajstić information content (AvgIpc) is 3.30. The van der Waals surface area contributed by atoms with E-state index in [1.807, 2.05) is 146 Å². The lowest BCUT2D eigenvalue weighted by atomic mass is 10.1. The predicted molar refractivity (Wildman–Crippen MR) is 231 cm³/mol. The summed E-state index contributed by atoms with van der Waals surface area (Å²) in [5, 5.41) is 20.2. The molecule has 0 bridgehead atoms. The third-order valence-corrected chi connectivity index (χ3v) is 9.33. The van der Waals surface area contributed by atoms with Gasteiger partial charge in [-0.05, 0) is 37.6 Å². The van der Waals surface area contributed by atoms with Gasteiger partial charge in [0.25, 0.3) is 0 Å². The van der Waals surface area contributed by atoms with Crippen molar-refractivity contribution in [1.29, 1.82) is 0 Å². The van der Waals surface area contributed by atoms with Gasteiger partial charge in [0.15, 0.2) is 34.9 Å². The number of ether oxygens (including phenoxy) is 2. The molecule has 10 heteroatoms. The third kappa shape index (κ3) is 10.2. The quantitative estimate of drug-likeness (QED) is 0.123. The van der Waals surface area contributed by atoms with Crippen LogP contribution in [0, 0.1) is 0 Å². The normalized spacial score (nSPS) is 11.8. The Balaban J connectivity index is 0.000000181. The van der Waals surface area contributed by atoms with Gasteiger partial charge >= 0.3 is 0 Å². The molecule has 0 aliphatic rings. The number of aliphatic hydroxyl groups excluding tert-OH is 1. The molecule has 8 rings (SSSR count). The molecule has 10 nitrogen and oxygen atoms in total. The molecule has 294 valence electrons. The molecule has 0 saturated heterocycles. The zero-order chi connectivity index (χ0) is 41.0. The molecule has 6 aromatic carbocycles. The van der Waals surface area contributed by atoms with Crippen molar-refractivity contribution in [3.63, 3.8) is 0 Å². The number of aliphatic hydroxyl groups is 1. The first-order valence-electron chi connectivity index (χ1n) is 19.4. The zero-order valence-electron chi connectivity index (χ0n) is 33.1. The van der Waals surface area contributed by atoms with E-state index in [0.29, 0.717) is 58.4 Å². The lowest BCUT2D eigenvalue weighted by Gasteiger charge is -2.20. The van der Waals surface area contributed by atoms with Crippen LogP contribution >= 0.6 is 0 Å². The van der Waals surface area contributed by atoms with Crippen LogP contribution in [0.3, 0.4) is 0 Å². The van der Waals surface area contributed by atoms with E-state index in [2.05, 4.69) is 21.9 Å². The fourth-order valence-corrected chi connectivity index (χ4v) is 6.30. The van der Waals surface area contributed by atoms with Crippen LogP contribution in [0.15, 0.2) is 164 Å².